The van der Waals surface area contributed by atoms with Crippen LogP contribution in [0.1, 0.15) is 18.4 Å². The third-order valence-electron chi connectivity index (χ3n) is 6.64. The summed E-state index contributed by atoms with van der Waals surface area (Å²) in [6, 6.07) is 11.7. The fourth-order valence-electron chi connectivity index (χ4n) is 4.33. The van der Waals surface area contributed by atoms with E-state index >= 15 is 0 Å². The number of carbonyl (C=O) groups is 1. The van der Waals surface area contributed by atoms with Crippen molar-refractivity contribution in [1.82, 2.24) is 4.90 Å². The van der Waals surface area contributed by atoms with E-state index in [4.69, 9.17) is 23.7 Å². The van der Waals surface area contributed by atoms with Crippen LogP contribution >= 0.6 is 0 Å². The maximum absolute atomic E-state index is 13.2. The van der Waals surface area contributed by atoms with E-state index < -0.39 is 16.1 Å². The zero-order chi connectivity index (χ0) is 28.0. The number of nitrogens with zero attached hydrogens (tertiary/aromatic N) is 1. The summed E-state index contributed by atoms with van der Waals surface area (Å²) >= 11 is 0. The zero-order valence-corrected chi connectivity index (χ0v) is 26.6. The van der Waals surface area contributed by atoms with Crippen molar-refractivity contribution in [2.75, 3.05) is 40.0 Å². The second-order valence-corrected chi connectivity index (χ2v) is 23.8. The Morgan fingerprint density at radius 3 is 2.24 bits per heavy atom. The summed E-state index contributed by atoms with van der Waals surface area (Å²) in [4.78, 5) is 15.0. The lowest BCUT2D eigenvalue weighted by Gasteiger charge is -2.33. The molecule has 1 fully saturated rings. The summed E-state index contributed by atoms with van der Waals surface area (Å²) in [5.74, 6) is 0.00634. The van der Waals surface area contributed by atoms with Crippen molar-refractivity contribution < 1.29 is 28.5 Å². The smallest absolute Gasteiger partial charge is 0.410 e. The summed E-state index contributed by atoms with van der Waals surface area (Å²) in [5.41, 5.74) is 0.960. The molecule has 0 N–H and O–H groups in total. The second-order valence-electron chi connectivity index (χ2n) is 12.5. The van der Waals surface area contributed by atoms with E-state index in [9.17, 15) is 4.79 Å². The van der Waals surface area contributed by atoms with Crippen molar-refractivity contribution in [3.05, 3.63) is 48.6 Å². The fourth-order valence-corrected chi connectivity index (χ4v) is 5.84. The zero-order valence-electron chi connectivity index (χ0n) is 24.6. The Kier molecular flexibility index (Phi) is 14.3. The van der Waals surface area contributed by atoms with Gasteiger partial charge < -0.3 is 28.6 Å². The van der Waals surface area contributed by atoms with Gasteiger partial charge in [-0.2, -0.15) is 0 Å². The average Bonchev–Trinajstić information content (AvgIpc) is 3.27. The molecule has 1 amide bonds. The van der Waals surface area contributed by atoms with Crippen LogP contribution in [0.5, 0.6) is 0 Å². The maximum atomic E-state index is 13.2. The molecular formula is C29H51NO6Si2. The first-order chi connectivity index (χ1) is 18.0. The first-order valence-corrected chi connectivity index (χ1v) is 21.3. The van der Waals surface area contributed by atoms with Crippen LogP contribution < -0.4 is 0 Å². The SMILES string of the molecule is C=CC[C@H](COCOCC[Si](C)(C)C)[C@H]1[C@@H](OCOCC[Si](C)(C)C)CCN1C(=O)OCc1ccccc1. The summed E-state index contributed by atoms with van der Waals surface area (Å²) < 4.78 is 29.4. The van der Waals surface area contributed by atoms with E-state index in [1.165, 1.54) is 0 Å². The molecule has 0 bridgehead atoms. The number of rotatable bonds is 18. The monoisotopic (exact) mass is 565 g/mol. The summed E-state index contributed by atoms with van der Waals surface area (Å²) in [5, 5.41) is 0. The topological polar surface area (TPSA) is 66.5 Å². The van der Waals surface area contributed by atoms with Gasteiger partial charge in [-0.3, -0.25) is 0 Å². The van der Waals surface area contributed by atoms with Crippen molar-refractivity contribution >= 4 is 22.2 Å². The van der Waals surface area contributed by atoms with Crippen LogP contribution in [0.2, 0.25) is 51.4 Å². The van der Waals surface area contributed by atoms with Gasteiger partial charge in [0.15, 0.2) is 0 Å². The number of hydrogen-bond donors (Lipinski definition) is 0. The number of amides is 1. The second kappa shape index (κ2) is 16.6. The Morgan fingerprint density at radius 1 is 1.00 bits per heavy atom. The standard InChI is InChI=1S/C29H51NO6Si2/c1-8-12-26(22-34-23-32-17-19-37(2,3)4)28-27(36-24-33-18-20-38(5,6)7)15-16-30(28)29(31)35-21-25-13-10-9-11-14-25/h8-11,13-14,26-28H,1,12,15-24H2,2-7H3/t26-,27+,28+/m1/s1. The molecule has 1 aromatic rings. The third kappa shape index (κ3) is 13.0. The Hall–Kier alpha value is -1.50. The van der Waals surface area contributed by atoms with E-state index in [2.05, 4.69) is 45.9 Å². The minimum Gasteiger partial charge on any atom is -0.445 e. The molecular weight excluding hydrogens is 514 g/mol. The molecule has 2 rings (SSSR count). The van der Waals surface area contributed by atoms with Crippen molar-refractivity contribution in [2.45, 2.75) is 83.0 Å². The minimum absolute atomic E-state index is 0.00634. The molecule has 1 aromatic carbocycles. The molecule has 0 unspecified atom stereocenters. The van der Waals surface area contributed by atoms with E-state index in [0.717, 1.165) is 24.1 Å². The van der Waals surface area contributed by atoms with Gasteiger partial charge in [-0.25, -0.2) is 4.79 Å². The molecule has 1 aliphatic heterocycles. The summed E-state index contributed by atoms with van der Waals surface area (Å²) in [7, 11) is -2.31. The highest BCUT2D eigenvalue weighted by Crippen LogP contribution is 2.30. The highest BCUT2D eigenvalue weighted by atomic mass is 28.3. The highest BCUT2D eigenvalue weighted by Gasteiger charge is 2.43. The molecule has 0 aliphatic carbocycles. The largest absolute Gasteiger partial charge is 0.445 e. The molecule has 0 radical (unpaired) electrons. The minimum atomic E-state index is -1.17. The van der Waals surface area contributed by atoms with Crippen molar-refractivity contribution in [3.8, 4) is 0 Å². The molecule has 38 heavy (non-hydrogen) atoms. The van der Waals surface area contributed by atoms with Crippen molar-refractivity contribution in [1.29, 1.82) is 0 Å². The first-order valence-electron chi connectivity index (χ1n) is 13.9. The van der Waals surface area contributed by atoms with Gasteiger partial charge in [-0.1, -0.05) is 75.7 Å². The normalized spacial score (nSPS) is 18.9. The Morgan fingerprint density at radius 2 is 1.63 bits per heavy atom. The van der Waals surface area contributed by atoms with E-state index in [0.29, 0.717) is 32.8 Å². The number of ether oxygens (including phenoxy) is 5. The predicted octanol–water partition coefficient (Wildman–Crippen LogP) is 6.62. The number of likely N-dealkylation sites (tertiary alicyclic amines) is 1. The molecule has 3 atom stereocenters. The van der Waals surface area contributed by atoms with Gasteiger partial charge in [0.1, 0.15) is 20.2 Å². The van der Waals surface area contributed by atoms with E-state index in [-0.39, 0.29) is 44.3 Å². The molecule has 1 aliphatic rings. The van der Waals surface area contributed by atoms with Gasteiger partial charge in [-0.05, 0) is 30.5 Å². The van der Waals surface area contributed by atoms with E-state index in [1.807, 2.05) is 36.4 Å². The van der Waals surface area contributed by atoms with Crippen LogP contribution in [-0.2, 0) is 30.3 Å². The lowest BCUT2D eigenvalue weighted by Crippen LogP contribution is -2.47. The lowest BCUT2D eigenvalue weighted by molar-refractivity contribution is -0.111. The van der Waals surface area contributed by atoms with Gasteiger partial charge in [0, 0.05) is 41.8 Å². The molecule has 7 nitrogen and oxygen atoms in total. The Balaban J connectivity index is 2.00. The molecule has 1 saturated heterocycles. The quantitative estimate of drug-likeness (QED) is 0.0863. The number of carbonyl (C=O) groups excluding carboxylic acids is 1. The molecule has 9 heteroatoms. The van der Waals surface area contributed by atoms with Crippen LogP contribution in [0.3, 0.4) is 0 Å². The van der Waals surface area contributed by atoms with Crippen LogP contribution in [0.15, 0.2) is 43.0 Å². The Labute approximate surface area is 232 Å². The molecule has 1 heterocycles. The molecule has 0 aromatic heterocycles. The first kappa shape index (κ1) is 32.7. The van der Waals surface area contributed by atoms with Gasteiger partial charge in [0.2, 0.25) is 0 Å². The number of benzene rings is 1. The predicted molar refractivity (Wildman–Crippen MR) is 159 cm³/mol. The van der Waals surface area contributed by atoms with Gasteiger partial charge in [-0.15, -0.1) is 6.58 Å². The van der Waals surface area contributed by atoms with Gasteiger partial charge in [0.25, 0.3) is 0 Å². The fraction of sp³-hybridized carbons (Fsp3) is 0.690. The van der Waals surface area contributed by atoms with Crippen LogP contribution in [0, 0.1) is 5.92 Å². The molecule has 0 spiro atoms. The number of hydrogen-bond acceptors (Lipinski definition) is 6. The molecule has 216 valence electrons. The van der Waals surface area contributed by atoms with Gasteiger partial charge >= 0.3 is 6.09 Å². The summed E-state index contributed by atoms with van der Waals surface area (Å²) in [6.07, 6.45) is 2.81. The highest BCUT2D eigenvalue weighted by molar-refractivity contribution is 6.76. The average molecular weight is 566 g/mol. The van der Waals surface area contributed by atoms with Crippen LogP contribution in [-0.4, -0.2) is 79.2 Å². The van der Waals surface area contributed by atoms with E-state index in [1.54, 1.807) is 4.90 Å². The van der Waals surface area contributed by atoms with Crippen LogP contribution in [0.25, 0.3) is 0 Å². The number of allylic oxidation sites excluding steroid dienone is 1. The Bertz CT molecular complexity index is 812. The third-order valence-corrected chi connectivity index (χ3v) is 10.1. The van der Waals surface area contributed by atoms with Crippen LogP contribution in [0.4, 0.5) is 4.79 Å². The van der Waals surface area contributed by atoms with Gasteiger partial charge in [0.05, 0.1) is 18.8 Å². The van der Waals surface area contributed by atoms with Crippen molar-refractivity contribution in [2.24, 2.45) is 5.92 Å². The maximum Gasteiger partial charge on any atom is 0.410 e. The molecule has 0 saturated carbocycles. The van der Waals surface area contributed by atoms with Crippen molar-refractivity contribution in [3.63, 3.8) is 0 Å². The lowest BCUT2D eigenvalue weighted by atomic mass is 9.93. The summed E-state index contributed by atoms with van der Waals surface area (Å²) in [6.45, 7) is 21.1.